The zero-order chi connectivity index (χ0) is 10.8. The Morgan fingerprint density at radius 2 is 2.20 bits per heavy atom. The number of aldehydes is 1. The van der Waals surface area contributed by atoms with Crippen molar-refractivity contribution in [2.75, 3.05) is 0 Å². The van der Waals surface area contributed by atoms with Crippen molar-refractivity contribution in [3.8, 4) is 11.3 Å². The van der Waals surface area contributed by atoms with E-state index in [0.29, 0.717) is 17.2 Å². The number of carbonyl (C=O) groups is 1. The minimum Gasteiger partial charge on any atom is -0.441 e. The van der Waals surface area contributed by atoms with E-state index in [-0.39, 0.29) is 0 Å². The van der Waals surface area contributed by atoms with Crippen molar-refractivity contribution >= 4 is 6.29 Å². The van der Waals surface area contributed by atoms with Gasteiger partial charge < -0.3 is 4.42 Å². The normalized spacial score (nSPS) is 10.3. The van der Waals surface area contributed by atoms with Crippen molar-refractivity contribution in [1.82, 2.24) is 9.97 Å². The van der Waals surface area contributed by atoms with Crippen molar-refractivity contribution in [3.63, 3.8) is 0 Å². The molecule has 4 heteroatoms. The second-order valence-corrected chi connectivity index (χ2v) is 3.23. The van der Waals surface area contributed by atoms with Crippen LogP contribution < -0.4 is 0 Å². The fourth-order valence-corrected chi connectivity index (χ4v) is 1.49. The Morgan fingerprint density at radius 1 is 1.40 bits per heavy atom. The highest BCUT2D eigenvalue weighted by atomic mass is 16.4. The number of oxazole rings is 1. The van der Waals surface area contributed by atoms with Crippen LogP contribution in [0.5, 0.6) is 0 Å². The molecule has 76 valence electrons. The van der Waals surface area contributed by atoms with Crippen molar-refractivity contribution in [2.45, 2.75) is 13.8 Å². The summed E-state index contributed by atoms with van der Waals surface area (Å²) in [7, 11) is 0. The predicted molar refractivity (Wildman–Crippen MR) is 54.6 cm³/mol. The smallest absolute Gasteiger partial charge is 0.192 e. The molecule has 0 N–H and O–H groups in total. The largest absolute Gasteiger partial charge is 0.441 e. The summed E-state index contributed by atoms with van der Waals surface area (Å²) in [6.07, 6.45) is 3.90. The first-order valence-electron chi connectivity index (χ1n) is 4.56. The summed E-state index contributed by atoms with van der Waals surface area (Å²) in [5, 5.41) is 0. The van der Waals surface area contributed by atoms with Gasteiger partial charge in [-0.05, 0) is 13.0 Å². The van der Waals surface area contributed by atoms with E-state index in [1.165, 1.54) is 6.20 Å². The van der Waals surface area contributed by atoms with Gasteiger partial charge in [0, 0.05) is 30.4 Å². The molecular weight excluding hydrogens is 192 g/mol. The molecule has 2 rings (SSSR count). The number of rotatable bonds is 2. The highest BCUT2D eigenvalue weighted by Crippen LogP contribution is 2.25. The van der Waals surface area contributed by atoms with Gasteiger partial charge in [-0.15, -0.1) is 0 Å². The summed E-state index contributed by atoms with van der Waals surface area (Å²) in [5.41, 5.74) is 2.02. The molecule has 4 nitrogen and oxygen atoms in total. The molecule has 2 aromatic heterocycles. The molecule has 2 heterocycles. The number of pyridine rings is 1. The predicted octanol–water partition coefficient (Wildman–Crippen LogP) is 2.17. The van der Waals surface area contributed by atoms with Gasteiger partial charge >= 0.3 is 0 Å². The third kappa shape index (κ3) is 1.66. The first-order valence-corrected chi connectivity index (χ1v) is 4.56. The molecule has 0 fully saturated rings. The molecular formula is C11H10N2O2. The first-order chi connectivity index (χ1) is 7.22. The molecule has 15 heavy (non-hydrogen) atoms. The van der Waals surface area contributed by atoms with Gasteiger partial charge in [-0.1, -0.05) is 0 Å². The third-order valence-corrected chi connectivity index (χ3v) is 2.13. The maximum Gasteiger partial charge on any atom is 0.192 e. The van der Waals surface area contributed by atoms with E-state index >= 15 is 0 Å². The minimum atomic E-state index is 0.511. The summed E-state index contributed by atoms with van der Waals surface area (Å²) in [6, 6.07) is 1.75. The Kier molecular flexibility index (Phi) is 2.33. The zero-order valence-electron chi connectivity index (χ0n) is 8.52. The molecule has 0 amide bonds. The maximum absolute atomic E-state index is 10.8. The molecule has 0 aliphatic rings. The molecule has 0 aliphatic carbocycles. The van der Waals surface area contributed by atoms with Crippen LogP contribution in [0, 0.1) is 13.8 Å². The van der Waals surface area contributed by atoms with E-state index in [2.05, 4.69) is 9.97 Å². The van der Waals surface area contributed by atoms with Crippen LogP contribution in [0.1, 0.15) is 21.9 Å². The molecule has 0 unspecified atom stereocenters. The van der Waals surface area contributed by atoms with Gasteiger partial charge in [-0.2, -0.15) is 0 Å². The fourth-order valence-electron chi connectivity index (χ4n) is 1.49. The second kappa shape index (κ2) is 3.65. The van der Waals surface area contributed by atoms with Crippen LogP contribution in [0.3, 0.4) is 0 Å². The van der Waals surface area contributed by atoms with Gasteiger partial charge in [-0.3, -0.25) is 9.78 Å². The first kappa shape index (κ1) is 9.58. The van der Waals surface area contributed by atoms with Gasteiger partial charge in [0.25, 0.3) is 0 Å². The Labute approximate surface area is 87.0 Å². The Bertz CT molecular complexity index is 503. The summed E-state index contributed by atoms with van der Waals surface area (Å²) in [5.74, 6) is 1.23. The van der Waals surface area contributed by atoms with Crippen molar-refractivity contribution in [3.05, 3.63) is 35.6 Å². The summed E-state index contributed by atoms with van der Waals surface area (Å²) < 4.78 is 5.45. The number of hydrogen-bond acceptors (Lipinski definition) is 4. The standard InChI is InChI=1S/C11H10N2O2/c1-7-11(15-8(2)13-7)10-3-4-12-5-9(10)6-14/h3-6H,1-2H3. The van der Waals surface area contributed by atoms with Crippen molar-refractivity contribution in [1.29, 1.82) is 0 Å². The molecule has 0 saturated carbocycles. The van der Waals surface area contributed by atoms with E-state index in [1.807, 2.05) is 6.92 Å². The quantitative estimate of drug-likeness (QED) is 0.700. The summed E-state index contributed by atoms with van der Waals surface area (Å²) in [6.45, 7) is 3.62. The number of aromatic nitrogens is 2. The van der Waals surface area contributed by atoms with E-state index in [4.69, 9.17) is 4.42 Å². The molecule has 0 spiro atoms. The highest BCUT2D eigenvalue weighted by Gasteiger charge is 2.12. The Hall–Kier alpha value is -1.97. The number of carbonyl (C=O) groups excluding carboxylic acids is 1. The molecule has 0 aromatic carbocycles. The molecule has 0 radical (unpaired) electrons. The molecule has 0 atom stereocenters. The van der Waals surface area contributed by atoms with E-state index in [9.17, 15) is 4.79 Å². The van der Waals surface area contributed by atoms with Gasteiger partial charge in [0.15, 0.2) is 17.9 Å². The monoisotopic (exact) mass is 202 g/mol. The molecule has 0 bridgehead atoms. The average molecular weight is 202 g/mol. The zero-order valence-corrected chi connectivity index (χ0v) is 8.52. The lowest BCUT2D eigenvalue weighted by molar-refractivity contribution is 0.112. The van der Waals surface area contributed by atoms with Crippen LogP contribution in [-0.4, -0.2) is 16.3 Å². The lowest BCUT2D eigenvalue weighted by atomic mass is 10.1. The SMILES string of the molecule is Cc1nc(C)c(-c2ccncc2C=O)o1. The maximum atomic E-state index is 10.8. The summed E-state index contributed by atoms with van der Waals surface area (Å²) in [4.78, 5) is 18.9. The molecule has 2 aromatic rings. The third-order valence-electron chi connectivity index (χ3n) is 2.13. The highest BCUT2D eigenvalue weighted by molar-refractivity contribution is 5.85. The summed E-state index contributed by atoms with van der Waals surface area (Å²) >= 11 is 0. The number of nitrogens with zero attached hydrogens (tertiary/aromatic N) is 2. The topological polar surface area (TPSA) is 56.0 Å². The van der Waals surface area contributed by atoms with Gasteiger partial charge in [0.1, 0.15) is 0 Å². The van der Waals surface area contributed by atoms with Crippen molar-refractivity contribution in [2.24, 2.45) is 0 Å². The number of hydrogen-bond donors (Lipinski definition) is 0. The van der Waals surface area contributed by atoms with Crippen LogP contribution >= 0.6 is 0 Å². The van der Waals surface area contributed by atoms with E-state index in [0.717, 1.165) is 17.5 Å². The minimum absolute atomic E-state index is 0.511. The van der Waals surface area contributed by atoms with Gasteiger partial charge in [-0.25, -0.2) is 4.98 Å². The van der Waals surface area contributed by atoms with Crippen molar-refractivity contribution < 1.29 is 9.21 Å². The van der Waals surface area contributed by atoms with Gasteiger partial charge in [0.2, 0.25) is 0 Å². The Morgan fingerprint density at radius 3 is 2.80 bits per heavy atom. The van der Waals surface area contributed by atoms with E-state index in [1.54, 1.807) is 19.2 Å². The van der Waals surface area contributed by atoms with Crippen LogP contribution in [0.2, 0.25) is 0 Å². The Balaban J connectivity index is 2.63. The second-order valence-electron chi connectivity index (χ2n) is 3.23. The fraction of sp³-hybridized carbons (Fsp3) is 0.182. The van der Waals surface area contributed by atoms with Crippen LogP contribution in [-0.2, 0) is 0 Å². The molecule has 0 saturated heterocycles. The van der Waals surface area contributed by atoms with E-state index < -0.39 is 0 Å². The number of aryl methyl sites for hydroxylation is 2. The van der Waals surface area contributed by atoms with Gasteiger partial charge in [0.05, 0.1) is 5.69 Å². The van der Waals surface area contributed by atoms with Crippen LogP contribution in [0.25, 0.3) is 11.3 Å². The molecule has 0 aliphatic heterocycles. The lowest BCUT2D eigenvalue weighted by Crippen LogP contribution is -1.88. The van der Waals surface area contributed by atoms with Crippen LogP contribution in [0.15, 0.2) is 22.9 Å². The van der Waals surface area contributed by atoms with Crippen LogP contribution in [0.4, 0.5) is 0 Å². The average Bonchev–Trinajstić information content (AvgIpc) is 2.57. The lowest BCUT2D eigenvalue weighted by Gasteiger charge is -1.99.